The van der Waals surface area contributed by atoms with E-state index >= 15 is 0 Å². The third-order valence-electron chi connectivity index (χ3n) is 4.36. The van der Waals surface area contributed by atoms with Crippen molar-refractivity contribution >= 4 is 10.0 Å². The van der Waals surface area contributed by atoms with Gasteiger partial charge >= 0.3 is 0 Å². The van der Waals surface area contributed by atoms with Gasteiger partial charge in [-0.05, 0) is 31.6 Å². The molecule has 6 heteroatoms. The van der Waals surface area contributed by atoms with Gasteiger partial charge in [-0.3, -0.25) is 0 Å². The van der Waals surface area contributed by atoms with Crippen LogP contribution in [0.15, 0.2) is 0 Å². The van der Waals surface area contributed by atoms with E-state index < -0.39 is 15.6 Å². The topological polar surface area (TPSA) is 75.6 Å². The molecule has 5 nitrogen and oxygen atoms in total. The Hall–Kier alpha value is -0.170. The van der Waals surface area contributed by atoms with Gasteiger partial charge < -0.3 is 9.84 Å². The van der Waals surface area contributed by atoms with Gasteiger partial charge in [-0.2, -0.15) is 0 Å². The largest absolute Gasteiger partial charge is 0.394 e. The minimum atomic E-state index is -3.37. The first kappa shape index (κ1) is 15.2. The summed E-state index contributed by atoms with van der Waals surface area (Å²) in [5, 5.41) is 9.30. The van der Waals surface area contributed by atoms with Crippen LogP contribution < -0.4 is 4.72 Å². The van der Waals surface area contributed by atoms with Crippen LogP contribution >= 0.6 is 0 Å². The number of hydrogen-bond acceptors (Lipinski definition) is 4. The van der Waals surface area contributed by atoms with E-state index in [0.29, 0.717) is 32.0 Å². The van der Waals surface area contributed by atoms with Crippen LogP contribution in [0.3, 0.4) is 0 Å². The van der Waals surface area contributed by atoms with E-state index in [0.717, 1.165) is 25.7 Å². The Balaban J connectivity index is 2.07. The van der Waals surface area contributed by atoms with Crippen molar-refractivity contribution in [2.75, 3.05) is 19.8 Å². The van der Waals surface area contributed by atoms with Crippen LogP contribution in [0.5, 0.6) is 0 Å². The van der Waals surface area contributed by atoms with Crippen molar-refractivity contribution in [3.05, 3.63) is 0 Å². The zero-order chi connectivity index (χ0) is 13.9. The zero-order valence-electron chi connectivity index (χ0n) is 11.6. The van der Waals surface area contributed by atoms with Crippen molar-refractivity contribution in [2.24, 2.45) is 5.92 Å². The molecule has 0 radical (unpaired) electrons. The summed E-state index contributed by atoms with van der Waals surface area (Å²) in [5.74, 6) is 0.457. The smallest absolute Gasteiger partial charge is 0.215 e. The van der Waals surface area contributed by atoms with Gasteiger partial charge in [-0.15, -0.1) is 0 Å². The summed E-state index contributed by atoms with van der Waals surface area (Å²) in [6, 6.07) is 0. The van der Waals surface area contributed by atoms with Gasteiger partial charge in [-0.1, -0.05) is 19.8 Å². The van der Waals surface area contributed by atoms with Crippen molar-refractivity contribution in [1.29, 1.82) is 0 Å². The number of nitrogens with one attached hydrogen (secondary N) is 1. The Morgan fingerprint density at radius 3 is 2.58 bits per heavy atom. The lowest BCUT2D eigenvalue weighted by molar-refractivity contribution is 0.0956. The Kier molecular flexibility index (Phi) is 4.87. The molecule has 0 aromatic rings. The Morgan fingerprint density at radius 1 is 1.32 bits per heavy atom. The summed E-state index contributed by atoms with van der Waals surface area (Å²) in [6.07, 6.45) is 4.64. The maximum absolute atomic E-state index is 12.4. The molecule has 0 aromatic heterocycles. The van der Waals surface area contributed by atoms with Crippen LogP contribution in [0.1, 0.15) is 45.4 Å². The van der Waals surface area contributed by atoms with Crippen molar-refractivity contribution in [3.63, 3.8) is 0 Å². The first-order valence-electron chi connectivity index (χ1n) is 7.19. The molecule has 112 valence electrons. The van der Waals surface area contributed by atoms with Gasteiger partial charge in [0, 0.05) is 13.2 Å². The minimum absolute atomic E-state index is 0.111. The molecule has 1 saturated heterocycles. The Morgan fingerprint density at radius 2 is 2.00 bits per heavy atom. The maximum atomic E-state index is 12.4. The van der Waals surface area contributed by atoms with Crippen molar-refractivity contribution < 1.29 is 18.3 Å². The van der Waals surface area contributed by atoms with E-state index in [1.807, 2.05) is 0 Å². The Labute approximate surface area is 115 Å². The molecule has 1 saturated carbocycles. The van der Waals surface area contributed by atoms with Gasteiger partial charge in [0.25, 0.3) is 0 Å². The van der Waals surface area contributed by atoms with E-state index in [1.54, 1.807) is 0 Å². The molecule has 2 atom stereocenters. The van der Waals surface area contributed by atoms with Gasteiger partial charge in [0.05, 0.1) is 17.4 Å². The standard InChI is InChI=1S/C13H25NO4S/c1-11-3-2-6-13(9-11,10-15)14-19(16,17)12-4-7-18-8-5-12/h11-12,14-15H,2-10H2,1H3. The van der Waals surface area contributed by atoms with Crippen LogP contribution in [0.4, 0.5) is 0 Å². The molecule has 2 aliphatic rings. The van der Waals surface area contributed by atoms with Crippen molar-refractivity contribution in [3.8, 4) is 0 Å². The van der Waals surface area contributed by atoms with Crippen LogP contribution in [0.2, 0.25) is 0 Å². The summed E-state index contributed by atoms with van der Waals surface area (Å²) in [5.41, 5.74) is -0.644. The normalized spacial score (nSPS) is 34.3. The van der Waals surface area contributed by atoms with E-state index in [9.17, 15) is 13.5 Å². The summed E-state index contributed by atoms with van der Waals surface area (Å²) in [6.45, 7) is 3.02. The molecule has 2 N–H and O–H groups in total. The van der Waals surface area contributed by atoms with Crippen molar-refractivity contribution in [1.82, 2.24) is 4.72 Å². The lowest BCUT2D eigenvalue weighted by Crippen LogP contribution is -2.56. The molecule has 1 heterocycles. The fourth-order valence-electron chi connectivity index (χ4n) is 3.30. The number of rotatable bonds is 4. The van der Waals surface area contributed by atoms with E-state index in [1.165, 1.54) is 0 Å². The molecular formula is C13H25NO4S. The highest BCUT2D eigenvalue weighted by atomic mass is 32.2. The first-order valence-corrected chi connectivity index (χ1v) is 8.73. The minimum Gasteiger partial charge on any atom is -0.394 e. The lowest BCUT2D eigenvalue weighted by Gasteiger charge is -2.40. The third-order valence-corrected chi connectivity index (χ3v) is 6.43. The van der Waals surface area contributed by atoms with E-state index in [4.69, 9.17) is 4.74 Å². The molecule has 0 aromatic carbocycles. The van der Waals surface area contributed by atoms with Crippen LogP contribution in [-0.4, -0.2) is 44.1 Å². The molecule has 1 aliphatic heterocycles. The summed E-state index contributed by atoms with van der Waals surface area (Å²) in [4.78, 5) is 0. The molecule has 2 unspecified atom stereocenters. The van der Waals surface area contributed by atoms with Gasteiger partial charge in [-0.25, -0.2) is 13.1 Å². The number of aliphatic hydroxyl groups is 1. The quantitative estimate of drug-likeness (QED) is 0.811. The molecule has 2 rings (SSSR count). The predicted molar refractivity (Wildman–Crippen MR) is 73.3 cm³/mol. The second-order valence-corrected chi connectivity index (χ2v) is 8.06. The predicted octanol–water partition coefficient (Wildman–Crippen LogP) is 1.03. The fraction of sp³-hybridized carbons (Fsp3) is 1.00. The van der Waals surface area contributed by atoms with Crippen LogP contribution in [0, 0.1) is 5.92 Å². The average molecular weight is 291 g/mol. The molecular weight excluding hydrogens is 266 g/mol. The van der Waals surface area contributed by atoms with Gasteiger partial charge in [0.2, 0.25) is 10.0 Å². The van der Waals surface area contributed by atoms with Crippen LogP contribution in [-0.2, 0) is 14.8 Å². The highest BCUT2D eigenvalue weighted by Crippen LogP contribution is 2.33. The lowest BCUT2D eigenvalue weighted by atomic mass is 9.78. The second-order valence-electron chi connectivity index (χ2n) is 6.10. The molecule has 0 bridgehead atoms. The fourth-order valence-corrected chi connectivity index (χ4v) is 5.13. The zero-order valence-corrected chi connectivity index (χ0v) is 12.4. The number of hydrogen-bond donors (Lipinski definition) is 2. The number of sulfonamides is 1. The van der Waals surface area contributed by atoms with E-state index in [-0.39, 0.29) is 11.9 Å². The summed E-state index contributed by atoms with van der Waals surface area (Å²) >= 11 is 0. The highest BCUT2D eigenvalue weighted by Gasteiger charge is 2.40. The van der Waals surface area contributed by atoms with E-state index in [2.05, 4.69) is 11.6 Å². The molecule has 0 spiro atoms. The molecule has 19 heavy (non-hydrogen) atoms. The third kappa shape index (κ3) is 3.68. The number of ether oxygens (including phenoxy) is 1. The summed E-state index contributed by atoms with van der Waals surface area (Å²) in [7, 11) is -3.37. The summed E-state index contributed by atoms with van der Waals surface area (Å²) < 4.78 is 32.9. The molecule has 0 amide bonds. The van der Waals surface area contributed by atoms with Gasteiger partial charge in [0.15, 0.2) is 0 Å². The molecule has 2 fully saturated rings. The number of aliphatic hydroxyl groups excluding tert-OH is 1. The SMILES string of the molecule is CC1CCCC(CO)(NS(=O)(=O)C2CCOCC2)C1. The van der Waals surface area contributed by atoms with Crippen LogP contribution in [0.25, 0.3) is 0 Å². The highest BCUT2D eigenvalue weighted by molar-refractivity contribution is 7.90. The first-order chi connectivity index (χ1) is 8.97. The van der Waals surface area contributed by atoms with Crippen molar-refractivity contribution in [2.45, 2.75) is 56.2 Å². The second kappa shape index (κ2) is 6.08. The Bertz CT molecular complexity index is 391. The average Bonchev–Trinajstić information content (AvgIpc) is 2.39. The van der Waals surface area contributed by atoms with Gasteiger partial charge in [0.1, 0.15) is 0 Å². The monoisotopic (exact) mass is 291 g/mol. The molecule has 1 aliphatic carbocycles. The maximum Gasteiger partial charge on any atom is 0.215 e.